The van der Waals surface area contributed by atoms with Gasteiger partial charge in [-0.1, -0.05) is 19.1 Å². The van der Waals surface area contributed by atoms with Crippen LogP contribution in [0.5, 0.6) is 0 Å². The smallest absolute Gasteiger partial charge is 0.335 e. The molecule has 0 bridgehead atoms. The molecule has 1 heterocycles. The molecule has 0 spiro atoms. The third-order valence-corrected chi connectivity index (χ3v) is 7.22. The molecule has 21 heavy (non-hydrogen) atoms. The summed E-state index contributed by atoms with van der Waals surface area (Å²) in [7, 11) is -2.03. The molecule has 1 aromatic carbocycles. The zero-order chi connectivity index (χ0) is 15.5. The van der Waals surface area contributed by atoms with Gasteiger partial charge in [-0.25, -0.2) is 4.79 Å². The molecule has 1 N–H and O–H groups in total. The van der Waals surface area contributed by atoms with E-state index in [9.17, 15) is 14.2 Å². The number of carbonyl (C=O) groups excluding carboxylic acids is 1. The number of aromatic carboxylic acids is 1. The number of carboxylic acids is 1. The minimum atomic E-state index is -2.03. The number of carbonyl (C=O) groups is 2. The summed E-state index contributed by atoms with van der Waals surface area (Å²) in [5.74, 6) is -0.959. The van der Waals surface area contributed by atoms with E-state index < -0.39 is 13.1 Å². The maximum absolute atomic E-state index is 12.2. The van der Waals surface area contributed by atoms with Gasteiger partial charge in [0, 0.05) is 25.4 Å². The largest absolute Gasteiger partial charge is 0.478 e. The van der Waals surface area contributed by atoms with E-state index in [0.29, 0.717) is 31.6 Å². The normalized spacial score (nSPS) is 17.5. The minimum absolute atomic E-state index is 0.0143. The van der Waals surface area contributed by atoms with Crippen LogP contribution in [0, 0.1) is 0 Å². The van der Waals surface area contributed by atoms with Gasteiger partial charge in [-0.05, 0) is 23.9 Å². The van der Waals surface area contributed by atoms with Crippen LogP contribution < -0.4 is 0 Å². The third-order valence-electron chi connectivity index (χ3n) is 4.04. The molecule has 1 aliphatic rings. The molecule has 1 aliphatic heterocycles. The first-order valence-electron chi connectivity index (χ1n) is 7.10. The summed E-state index contributed by atoms with van der Waals surface area (Å²) in [6, 6.07) is 6.35. The highest BCUT2D eigenvalue weighted by atomic mass is 31.2. The van der Waals surface area contributed by atoms with Crippen molar-refractivity contribution in [2.75, 3.05) is 31.6 Å². The van der Waals surface area contributed by atoms with Gasteiger partial charge in [0.25, 0.3) is 0 Å². The van der Waals surface area contributed by atoms with Gasteiger partial charge in [0.15, 0.2) is 0 Å². The summed E-state index contributed by atoms with van der Waals surface area (Å²) in [6.45, 7) is 3.08. The topological polar surface area (TPSA) is 74.7 Å². The molecule has 1 saturated heterocycles. The fourth-order valence-corrected chi connectivity index (χ4v) is 4.51. The summed E-state index contributed by atoms with van der Waals surface area (Å²) in [5, 5.41) is 8.83. The summed E-state index contributed by atoms with van der Waals surface area (Å²) in [6.07, 6.45) is 2.21. The van der Waals surface area contributed by atoms with Crippen LogP contribution in [-0.4, -0.2) is 53.5 Å². The summed E-state index contributed by atoms with van der Waals surface area (Å²) in [5.41, 5.74) is 1.02. The van der Waals surface area contributed by atoms with Crippen molar-refractivity contribution < 1.29 is 19.3 Å². The molecule has 0 saturated carbocycles. The Morgan fingerprint density at radius 3 is 2.24 bits per heavy atom. The molecule has 114 valence electrons. The minimum Gasteiger partial charge on any atom is -0.478 e. The van der Waals surface area contributed by atoms with Gasteiger partial charge in [-0.3, -0.25) is 4.79 Å². The first-order valence-corrected chi connectivity index (χ1v) is 9.37. The van der Waals surface area contributed by atoms with Crippen LogP contribution in [0.1, 0.15) is 22.8 Å². The fraction of sp³-hybridized carbons (Fsp3) is 0.467. The number of benzene rings is 1. The van der Waals surface area contributed by atoms with E-state index in [1.807, 2.05) is 6.92 Å². The highest BCUT2D eigenvalue weighted by molar-refractivity contribution is 7.64. The lowest BCUT2D eigenvalue weighted by atomic mass is 10.1. The number of carboxylic acid groups (broad SMARTS) is 1. The monoisotopic (exact) mass is 309 g/mol. The summed E-state index contributed by atoms with van der Waals surface area (Å²) in [4.78, 5) is 24.7. The van der Waals surface area contributed by atoms with Crippen molar-refractivity contribution >= 4 is 19.0 Å². The number of hydrogen-bond donors (Lipinski definition) is 1. The van der Waals surface area contributed by atoms with Crippen molar-refractivity contribution in [1.29, 1.82) is 0 Å². The zero-order valence-electron chi connectivity index (χ0n) is 12.1. The number of nitrogens with zero attached hydrogens (tertiary/aromatic N) is 1. The van der Waals surface area contributed by atoms with E-state index in [2.05, 4.69) is 0 Å². The SMILES string of the molecule is CCP1(=O)CCN(C(=O)Cc2ccc(C(=O)O)cc2)CC1. The summed E-state index contributed by atoms with van der Waals surface area (Å²) >= 11 is 0. The molecule has 0 radical (unpaired) electrons. The van der Waals surface area contributed by atoms with Crippen LogP contribution in [0.4, 0.5) is 0 Å². The standard InChI is InChI=1S/C15H20NO4P/c1-2-21(20)9-7-16(8-10-21)14(17)11-12-3-5-13(6-4-12)15(18)19/h3-6H,2,7-11H2,1H3,(H,18,19). The van der Waals surface area contributed by atoms with Crippen LogP contribution in [0.15, 0.2) is 24.3 Å². The second-order valence-electron chi connectivity index (χ2n) is 5.38. The lowest BCUT2D eigenvalue weighted by Crippen LogP contribution is -2.40. The van der Waals surface area contributed by atoms with E-state index in [4.69, 9.17) is 5.11 Å². The van der Waals surface area contributed by atoms with Crippen molar-refractivity contribution in [1.82, 2.24) is 4.90 Å². The van der Waals surface area contributed by atoms with Crippen molar-refractivity contribution in [3.8, 4) is 0 Å². The van der Waals surface area contributed by atoms with E-state index in [1.54, 1.807) is 17.0 Å². The van der Waals surface area contributed by atoms with E-state index >= 15 is 0 Å². The number of rotatable bonds is 4. The Kier molecular flexibility index (Phi) is 4.84. The Bertz CT molecular complexity index is 570. The molecule has 1 amide bonds. The lowest BCUT2D eigenvalue weighted by molar-refractivity contribution is -0.130. The van der Waals surface area contributed by atoms with Crippen molar-refractivity contribution in [3.63, 3.8) is 0 Å². The van der Waals surface area contributed by atoms with Gasteiger partial charge in [0.05, 0.1) is 19.1 Å². The first kappa shape index (κ1) is 15.8. The second kappa shape index (κ2) is 6.44. The van der Waals surface area contributed by atoms with Gasteiger partial charge in [0.2, 0.25) is 5.91 Å². The van der Waals surface area contributed by atoms with Crippen molar-refractivity contribution in [3.05, 3.63) is 35.4 Å². The maximum Gasteiger partial charge on any atom is 0.335 e. The van der Waals surface area contributed by atoms with Crippen LogP contribution >= 0.6 is 7.14 Å². The van der Waals surface area contributed by atoms with E-state index in [-0.39, 0.29) is 17.9 Å². The molecule has 1 fully saturated rings. The zero-order valence-corrected chi connectivity index (χ0v) is 13.0. The fourth-order valence-electron chi connectivity index (χ4n) is 2.45. The highest BCUT2D eigenvalue weighted by Crippen LogP contribution is 2.46. The number of amides is 1. The maximum atomic E-state index is 12.2. The van der Waals surface area contributed by atoms with Gasteiger partial charge in [-0.15, -0.1) is 0 Å². The predicted molar refractivity (Wildman–Crippen MR) is 81.6 cm³/mol. The third kappa shape index (κ3) is 3.94. The molecule has 6 heteroatoms. The van der Waals surface area contributed by atoms with Crippen LogP contribution in [0.3, 0.4) is 0 Å². The molecule has 2 rings (SSSR count). The summed E-state index contributed by atoms with van der Waals surface area (Å²) < 4.78 is 12.2. The van der Waals surface area contributed by atoms with E-state index in [0.717, 1.165) is 5.56 Å². The van der Waals surface area contributed by atoms with Gasteiger partial charge in [-0.2, -0.15) is 0 Å². The number of hydrogen-bond acceptors (Lipinski definition) is 3. The van der Waals surface area contributed by atoms with Gasteiger partial charge >= 0.3 is 5.97 Å². The Hall–Kier alpha value is -1.61. The Labute approximate surface area is 124 Å². The molecule has 0 unspecified atom stereocenters. The first-order chi connectivity index (χ1) is 9.93. The van der Waals surface area contributed by atoms with Crippen LogP contribution in [0.25, 0.3) is 0 Å². The molecular weight excluding hydrogens is 289 g/mol. The van der Waals surface area contributed by atoms with Crippen LogP contribution in [-0.2, 0) is 15.8 Å². The molecule has 0 aliphatic carbocycles. The van der Waals surface area contributed by atoms with Gasteiger partial charge in [0.1, 0.15) is 0 Å². The van der Waals surface area contributed by atoms with Crippen LogP contribution in [0.2, 0.25) is 0 Å². The van der Waals surface area contributed by atoms with Gasteiger partial charge < -0.3 is 14.6 Å². The Balaban J connectivity index is 1.93. The molecule has 5 nitrogen and oxygen atoms in total. The molecular formula is C15H20NO4P. The lowest BCUT2D eigenvalue weighted by Gasteiger charge is -2.31. The molecule has 0 atom stereocenters. The molecule has 1 aromatic rings. The Morgan fingerprint density at radius 2 is 1.76 bits per heavy atom. The predicted octanol–water partition coefficient (Wildman–Crippen LogP) is 2.15. The van der Waals surface area contributed by atoms with Crippen molar-refractivity contribution in [2.45, 2.75) is 13.3 Å². The average Bonchev–Trinajstić information content (AvgIpc) is 2.48. The average molecular weight is 309 g/mol. The second-order valence-corrected chi connectivity index (χ2v) is 9.02. The quantitative estimate of drug-likeness (QED) is 0.865. The Morgan fingerprint density at radius 1 is 1.19 bits per heavy atom. The highest BCUT2D eigenvalue weighted by Gasteiger charge is 2.28. The van der Waals surface area contributed by atoms with Crippen molar-refractivity contribution in [2.24, 2.45) is 0 Å². The molecule has 0 aromatic heterocycles. The van der Waals surface area contributed by atoms with E-state index in [1.165, 1.54) is 12.1 Å².